The van der Waals surface area contributed by atoms with Crippen molar-refractivity contribution in [3.8, 4) is 0 Å². The molecule has 1 rings (SSSR count). The first-order valence-corrected chi connectivity index (χ1v) is 5.79. The first kappa shape index (κ1) is 13.9. The van der Waals surface area contributed by atoms with Crippen LogP contribution in [0.25, 0.3) is 0 Å². The van der Waals surface area contributed by atoms with Crippen LogP contribution in [-0.2, 0) is 13.8 Å². The summed E-state index contributed by atoms with van der Waals surface area (Å²) in [6.45, 7) is -0.758. The first-order chi connectivity index (χ1) is 7.26. The molecule has 1 heterocycles. The molecule has 16 heavy (non-hydrogen) atoms. The summed E-state index contributed by atoms with van der Waals surface area (Å²) in [6.07, 6.45) is -9.40. The Labute approximate surface area is 89.5 Å². The minimum Gasteiger partial charge on any atom is -0.394 e. The minimum absolute atomic E-state index is 0.758. The van der Waals surface area contributed by atoms with Gasteiger partial charge in [-0.25, -0.2) is 8.96 Å². The van der Waals surface area contributed by atoms with Crippen molar-refractivity contribution >= 4 is 7.82 Å². The molecule has 0 aliphatic carbocycles. The van der Waals surface area contributed by atoms with Crippen molar-refractivity contribution in [2.24, 2.45) is 0 Å². The van der Waals surface area contributed by atoms with Gasteiger partial charge in [0.2, 0.25) is 6.29 Å². The third-order valence-electron chi connectivity index (χ3n) is 2.05. The van der Waals surface area contributed by atoms with Crippen molar-refractivity contribution in [3.63, 3.8) is 0 Å². The molecule has 0 aromatic carbocycles. The van der Waals surface area contributed by atoms with Crippen LogP contribution in [0.3, 0.4) is 0 Å². The van der Waals surface area contributed by atoms with Crippen LogP contribution in [0.15, 0.2) is 0 Å². The molecule has 1 saturated heterocycles. The molecular formula is C6H12FO8P. The average Bonchev–Trinajstić information content (AvgIpc) is 2.17. The van der Waals surface area contributed by atoms with Gasteiger partial charge >= 0.3 is 7.82 Å². The number of halogens is 1. The van der Waals surface area contributed by atoms with Crippen molar-refractivity contribution in [1.29, 1.82) is 0 Å². The molecule has 0 bridgehead atoms. The van der Waals surface area contributed by atoms with Crippen LogP contribution >= 0.6 is 7.82 Å². The number of hydrogen-bond donors (Lipinski definition) is 5. The number of ether oxygens (including phenoxy) is 1. The summed E-state index contributed by atoms with van der Waals surface area (Å²) in [5.41, 5.74) is 0. The zero-order valence-electron chi connectivity index (χ0n) is 7.88. The standard InChI is InChI=1S/C6H12FO8P/c7-3-5(10)4(9)2(1-8)14-6(3)15-16(11,12)13/h2-6,8-10H,1H2,(H2,11,12,13)/t2-,3-,4-,5-,6-/m1/s1. The molecule has 0 spiro atoms. The molecule has 0 amide bonds. The van der Waals surface area contributed by atoms with E-state index in [2.05, 4.69) is 9.26 Å². The van der Waals surface area contributed by atoms with E-state index in [9.17, 15) is 14.1 Å². The maximum Gasteiger partial charge on any atom is 0.472 e. The Morgan fingerprint density at radius 3 is 2.31 bits per heavy atom. The zero-order valence-corrected chi connectivity index (χ0v) is 8.77. The number of hydrogen-bond acceptors (Lipinski definition) is 6. The number of phosphoric acid groups is 1. The maximum absolute atomic E-state index is 13.2. The van der Waals surface area contributed by atoms with Gasteiger partial charge in [0, 0.05) is 0 Å². The summed E-state index contributed by atoms with van der Waals surface area (Å²) in [5, 5.41) is 27.1. The van der Waals surface area contributed by atoms with Crippen molar-refractivity contribution in [2.75, 3.05) is 6.61 Å². The first-order valence-electron chi connectivity index (χ1n) is 4.26. The molecule has 1 aliphatic heterocycles. The lowest BCUT2D eigenvalue weighted by molar-refractivity contribution is -0.265. The van der Waals surface area contributed by atoms with E-state index in [4.69, 9.17) is 20.0 Å². The van der Waals surface area contributed by atoms with Gasteiger partial charge in [0.25, 0.3) is 0 Å². The average molecular weight is 262 g/mol. The third kappa shape index (κ3) is 3.19. The molecule has 0 aromatic heterocycles. The fourth-order valence-electron chi connectivity index (χ4n) is 1.27. The predicted molar refractivity (Wildman–Crippen MR) is 45.8 cm³/mol. The Kier molecular flexibility index (Phi) is 4.38. The van der Waals surface area contributed by atoms with Gasteiger partial charge < -0.3 is 29.8 Å². The Bertz CT molecular complexity index is 280. The van der Waals surface area contributed by atoms with Crippen LogP contribution in [-0.4, -0.2) is 62.5 Å². The maximum atomic E-state index is 13.2. The molecule has 0 unspecified atom stereocenters. The van der Waals surface area contributed by atoms with E-state index in [1.165, 1.54) is 0 Å². The summed E-state index contributed by atoms with van der Waals surface area (Å²) in [6, 6.07) is 0. The highest BCUT2D eigenvalue weighted by molar-refractivity contribution is 7.46. The van der Waals surface area contributed by atoms with Gasteiger partial charge in [0.15, 0.2) is 6.17 Å². The second-order valence-electron chi connectivity index (χ2n) is 3.25. The summed E-state index contributed by atoms with van der Waals surface area (Å²) in [5.74, 6) is 0. The largest absolute Gasteiger partial charge is 0.472 e. The molecule has 5 atom stereocenters. The van der Waals surface area contributed by atoms with Crippen LogP contribution in [0.5, 0.6) is 0 Å². The van der Waals surface area contributed by atoms with Crippen molar-refractivity contribution in [3.05, 3.63) is 0 Å². The molecule has 96 valence electrons. The number of aliphatic hydroxyl groups excluding tert-OH is 3. The van der Waals surface area contributed by atoms with E-state index in [-0.39, 0.29) is 0 Å². The molecule has 0 radical (unpaired) electrons. The molecule has 0 saturated carbocycles. The minimum atomic E-state index is -4.99. The fraction of sp³-hybridized carbons (Fsp3) is 1.00. The lowest BCUT2D eigenvalue weighted by Crippen LogP contribution is -2.57. The Morgan fingerprint density at radius 1 is 1.31 bits per heavy atom. The van der Waals surface area contributed by atoms with Gasteiger partial charge in [-0.15, -0.1) is 0 Å². The van der Waals surface area contributed by atoms with Crippen LogP contribution in [0.2, 0.25) is 0 Å². The second kappa shape index (κ2) is 5.03. The molecule has 8 nitrogen and oxygen atoms in total. The molecule has 5 N–H and O–H groups in total. The van der Waals surface area contributed by atoms with Gasteiger partial charge in [-0.3, -0.25) is 4.52 Å². The highest BCUT2D eigenvalue weighted by Gasteiger charge is 2.47. The lowest BCUT2D eigenvalue weighted by Gasteiger charge is -2.38. The second-order valence-corrected chi connectivity index (χ2v) is 4.44. The van der Waals surface area contributed by atoms with E-state index in [1.807, 2.05) is 0 Å². The van der Waals surface area contributed by atoms with E-state index in [0.29, 0.717) is 0 Å². The molecule has 0 aromatic rings. The van der Waals surface area contributed by atoms with Gasteiger partial charge in [-0.05, 0) is 0 Å². The van der Waals surface area contributed by atoms with Gasteiger partial charge in [0.05, 0.1) is 6.61 Å². The quantitative estimate of drug-likeness (QED) is 0.364. The van der Waals surface area contributed by atoms with Gasteiger partial charge in [-0.1, -0.05) is 0 Å². The van der Waals surface area contributed by atoms with Crippen LogP contribution < -0.4 is 0 Å². The zero-order chi connectivity index (χ0) is 12.5. The number of aliphatic hydroxyl groups is 3. The van der Waals surface area contributed by atoms with Crippen LogP contribution in [0, 0.1) is 0 Å². The summed E-state index contributed by atoms with van der Waals surface area (Å²) >= 11 is 0. The summed E-state index contributed by atoms with van der Waals surface area (Å²) in [4.78, 5) is 16.9. The SMILES string of the molecule is O=P(O)(O)O[C@H]1O[C@H](CO)[C@@H](O)[C@H](O)[C@H]1F. The highest BCUT2D eigenvalue weighted by atomic mass is 31.2. The normalized spacial score (nSPS) is 41.0. The lowest BCUT2D eigenvalue weighted by atomic mass is 10.0. The van der Waals surface area contributed by atoms with E-state index in [0.717, 1.165) is 0 Å². The van der Waals surface area contributed by atoms with Crippen LogP contribution in [0.1, 0.15) is 0 Å². The number of alkyl halides is 1. The van der Waals surface area contributed by atoms with Crippen molar-refractivity contribution in [2.45, 2.75) is 30.8 Å². The van der Waals surface area contributed by atoms with E-state index >= 15 is 0 Å². The monoisotopic (exact) mass is 262 g/mol. The molecular weight excluding hydrogens is 250 g/mol. The van der Waals surface area contributed by atoms with E-state index in [1.54, 1.807) is 0 Å². The number of rotatable bonds is 3. The molecule has 10 heteroatoms. The number of phosphoric ester groups is 1. The topological polar surface area (TPSA) is 137 Å². The summed E-state index contributed by atoms with van der Waals surface area (Å²) < 4.78 is 32.2. The molecule has 1 fully saturated rings. The highest BCUT2D eigenvalue weighted by Crippen LogP contribution is 2.41. The summed E-state index contributed by atoms with van der Waals surface area (Å²) in [7, 11) is -4.99. The van der Waals surface area contributed by atoms with Crippen molar-refractivity contribution < 1.29 is 43.3 Å². The van der Waals surface area contributed by atoms with E-state index < -0.39 is 45.2 Å². The fourth-order valence-corrected chi connectivity index (χ4v) is 1.70. The molecule has 1 aliphatic rings. The van der Waals surface area contributed by atoms with Gasteiger partial charge in [0.1, 0.15) is 18.3 Å². The Morgan fingerprint density at radius 2 is 1.88 bits per heavy atom. The van der Waals surface area contributed by atoms with Crippen LogP contribution in [0.4, 0.5) is 4.39 Å². The van der Waals surface area contributed by atoms with Crippen molar-refractivity contribution in [1.82, 2.24) is 0 Å². The predicted octanol–water partition coefficient (Wildman–Crippen LogP) is -2.13. The smallest absolute Gasteiger partial charge is 0.394 e. The van der Waals surface area contributed by atoms with Gasteiger partial charge in [-0.2, -0.15) is 0 Å². The third-order valence-corrected chi connectivity index (χ3v) is 2.53. The Balaban J connectivity index is 2.75. The Hall–Kier alpha value is -0.120.